The van der Waals surface area contributed by atoms with Gasteiger partial charge in [0.05, 0.1) is 12.8 Å². The Morgan fingerprint density at radius 3 is 2.63 bits per heavy atom. The summed E-state index contributed by atoms with van der Waals surface area (Å²) in [4.78, 5) is 22.3. The van der Waals surface area contributed by atoms with E-state index in [9.17, 15) is 18.0 Å². The molecule has 1 saturated heterocycles. The van der Waals surface area contributed by atoms with E-state index < -0.39 is 15.9 Å². The van der Waals surface area contributed by atoms with Crippen molar-refractivity contribution in [3.63, 3.8) is 0 Å². The highest BCUT2D eigenvalue weighted by molar-refractivity contribution is 7.88. The normalized spacial score (nSPS) is 19.9. The molecule has 0 aromatic carbocycles. The second kappa shape index (κ2) is 6.67. The van der Waals surface area contributed by atoms with E-state index in [1.807, 2.05) is 0 Å². The van der Waals surface area contributed by atoms with E-state index in [0.717, 1.165) is 12.5 Å². The zero-order valence-corrected chi connectivity index (χ0v) is 11.7. The van der Waals surface area contributed by atoms with E-state index >= 15 is 0 Å². The van der Waals surface area contributed by atoms with Crippen LogP contribution in [0, 0.1) is 5.92 Å². The van der Waals surface area contributed by atoms with Crippen LogP contribution in [0.15, 0.2) is 12.7 Å². The molecule has 0 radical (unpaired) electrons. The van der Waals surface area contributed by atoms with Crippen molar-refractivity contribution < 1.29 is 18.0 Å². The van der Waals surface area contributed by atoms with Gasteiger partial charge < -0.3 is 10.6 Å². The molecule has 1 atom stereocenters. The molecule has 1 aliphatic rings. The summed E-state index contributed by atoms with van der Waals surface area (Å²) in [7, 11) is -3.15. The first-order chi connectivity index (χ1) is 8.82. The van der Waals surface area contributed by atoms with Crippen molar-refractivity contribution in [3.8, 4) is 0 Å². The molecule has 19 heavy (non-hydrogen) atoms. The van der Waals surface area contributed by atoms with Crippen molar-refractivity contribution in [2.24, 2.45) is 5.92 Å². The Morgan fingerprint density at radius 2 is 2.11 bits per heavy atom. The predicted molar refractivity (Wildman–Crippen MR) is 70.7 cm³/mol. The number of nitrogens with zero attached hydrogens (tertiary/aromatic N) is 1. The van der Waals surface area contributed by atoms with Crippen LogP contribution in [0.5, 0.6) is 0 Å². The third-order valence-electron chi connectivity index (χ3n) is 2.91. The smallest absolute Gasteiger partial charge is 0.243 e. The number of amides is 2. The summed E-state index contributed by atoms with van der Waals surface area (Å²) in [5.41, 5.74) is 0. The van der Waals surface area contributed by atoms with Crippen LogP contribution >= 0.6 is 0 Å². The van der Waals surface area contributed by atoms with Gasteiger partial charge in [-0.1, -0.05) is 6.58 Å². The summed E-state index contributed by atoms with van der Waals surface area (Å²) in [6.45, 7) is 4.50. The number of hydrogen-bond donors (Lipinski definition) is 2. The summed E-state index contributed by atoms with van der Waals surface area (Å²) in [5, 5.41) is 5.03. The molecule has 0 aromatic rings. The third kappa shape index (κ3) is 5.39. The maximum absolute atomic E-state index is 11.4. The largest absolute Gasteiger partial charge is 0.354 e. The van der Waals surface area contributed by atoms with E-state index in [-0.39, 0.29) is 18.4 Å². The van der Waals surface area contributed by atoms with Crippen molar-refractivity contribution in [2.45, 2.75) is 6.42 Å². The van der Waals surface area contributed by atoms with E-state index in [4.69, 9.17) is 0 Å². The Labute approximate surface area is 113 Å². The number of nitrogens with one attached hydrogen (secondary N) is 2. The summed E-state index contributed by atoms with van der Waals surface area (Å²) in [6, 6.07) is 0. The molecule has 0 spiro atoms. The average molecular weight is 289 g/mol. The van der Waals surface area contributed by atoms with Crippen LogP contribution in [-0.4, -0.2) is 57.0 Å². The number of rotatable bonds is 6. The Hall–Kier alpha value is -1.41. The lowest BCUT2D eigenvalue weighted by molar-refractivity contribution is -0.124. The van der Waals surface area contributed by atoms with Gasteiger partial charge in [0.2, 0.25) is 21.8 Å². The molecule has 7 nitrogen and oxygen atoms in total. The van der Waals surface area contributed by atoms with Crippen LogP contribution in [0.4, 0.5) is 0 Å². The van der Waals surface area contributed by atoms with Gasteiger partial charge in [-0.05, 0) is 18.4 Å². The first-order valence-corrected chi connectivity index (χ1v) is 7.80. The van der Waals surface area contributed by atoms with Crippen molar-refractivity contribution in [1.29, 1.82) is 0 Å². The zero-order chi connectivity index (χ0) is 14.5. The van der Waals surface area contributed by atoms with Crippen LogP contribution in [-0.2, 0) is 19.6 Å². The third-order valence-corrected chi connectivity index (χ3v) is 4.18. The van der Waals surface area contributed by atoms with Gasteiger partial charge in [0, 0.05) is 19.6 Å². The Bertz CT molecular complexity index is 461. The van der Waals surface area contributed by atoms with Gasteiger partial charge in [0.15, 0.2) is 0 Å². The fourth-order valence-electron chi connectivity index (χ4n) is 1.83. The van der Waals surface area contributed by atoms with Crippen molar-refractivity contribution in [2.75, 3.05) is 32.4 Å². The molecule has 0 bridgehead atoms. The van der Waals surface area contributed by atoms with Gasteiger partial charge in [-0.15, -0.1) is 0 Å². The Balaban J connectivity index is 2.25. The van der Waals surface area contributed by atoms with Crippen LogP contribution in [0.25, 0.3) is 0 Å². The lowest BCUT2D eigenvalue weighted by atomic mass is 10.1. The maximum Gasteiger partial charge on any atom is 0.243 e. The number of hydrogen-bond acceptors (Lipinski definition) is 4. The van der Waals surface area contributed by atoms with Gasteiger partial charge in [-0.2, -0.15) is 0 Å². The molecule has 1 rings (SSSR count). The van der Waals surface area contributed by atoms with Crippen molar-refractivity contribution in [3.05, 3.63) is 12.7 Å². The molecule has 1 unspecified atom stereocenters. The molecular formula is C11H19N3O4S. The molecule has 1 fully saturated rings. The molecule has 2 amide bonds. The molecule has 8 heteroatoms. The van der Waals surface area contributed by atoms with Gasteiger partial charge in [0.1, 0.15) is 0 Å². The van der Waals surface area contributed by atoms with Crippen molar-refractivity contribution in [1.82, 2.24) is 14.9 Å². The second-order valence-electron chi connectivity index (χ2n) is 4.50. The number of sulfonamides is 1. The summed E-state index contributed by atoms with van der Waals surface area (Å²) in [6.07, 6.45) is 3.00. The summed E-state index contributed by atoms with van der Waals surface area (Å²) in [5.74, 6) is -0.582. The standard InChI is InChI=1S/C11H19N3O4S/c1-3-10(15)13-7-11(16)12-6-9-4-5-14(8-9)19(2,17)18/h3,9H,1,4-8H2,2H3,(H,12,16)(H,13,15). The molecule has 108 valence electrons. The van der Waals surface area contributed by atoms with Gasteiger partial charge in [-0.25, -0.2) is 12.7 Å². The highest BCUT2D eigenvalue weighted by Crippen LogP contribution is 2.17. The van der Waals surface area contributed by atoms with Crippen LogP contribution in [0.2, 0.25) is 0 Å². The monoisotopic (exact) mass is 289 g/mol. The summed E-state index contributed by atoms with van der Waals surface area (Å²) >= 11 is 0. The molecule has 0 aliphatic carbocycles. The zero-order valence-electron chi connectivity index (χ0n) is 10.9. The second-order valence-corrected chi connectivity index (χ2v) is 6.48. The van der Waals surface area contributed by atoms with Crippen molar-refractivity contribution >= 4 is 21.8 Å². The lowest BCUT2D eigenvalue weighted by Crippen LogP contribution is -2.39. The van der Waals surface area contributed by atoms with Crippen LogP contribution < -0.4 is 10.6 Å². The van der Waals surface area contributed by atoms with Crippen LogP contribution in [0.1, 0.15) is 6.42 Å². The minimum atomic E-state index is -3.15. The van der Waals surface area contributed by atoms with E-state index in [0.29, 0.717) is 19.6 Å². The average Bonchev–Trinajstić information content (AvgIpc) is 2.82. The molecular weight excluding hydrogens is 270 g/mol. The number of carbonyl (C=O) groups excluding carboxylic acids is 2. The first-order valence-electron chi connectivity index (χ1n) is 5.95. The maximum atomic E-state index is 11.4. The van der Waals surface area contributed by atoms with Crippen LogP contribution in [0.3, 0.4) is 0 Å². The Morgan fingerprint density at radius 1 is 1.42 bits per heavy atom. The van der Waals surface area contributed by atoms with E-state index in [2.05, 4.69) is 17.2 Å². The van der Waals surface area contributed by atoms with E-state index in [1.54, 1.807) is 0 Å². The van der Waals surface area contributed by atoms with Gasteiger partial charge in [-0.3, -0.25) is 9.59 Å². The molecule has 2 N–H and O–H groups in total. The molecule has 1 heterocycles. The summed E-state index contributed by atoms with van der Waals surface area (Å²) < 4.78 is 24.0. The van der Waals surface area contributed by atoms with Gasteiger partial charge in [0.25, 0.3) is 0 Å². The van der Waals surface area contributed by atoms with Gasteiger partial charge >= 0.3 is 0 Å². The lowest BCUT2D eigenvalue weighted by Gasteiger charge is -2.14. The topological polar surface area (TPSA) is 95.6 Å². The quantitative estimate of drug-likeness (QED) is 0.593. The predicted octanol–water partition coefficient (Wildman–Crippen LogP) is -1.31. The highest BCUT2D eigenvalue weighted by atomic mass is 32.2. The minimum absolute atomic E-state index is 0.104. The Kier molecular flexibility index (Phi) is 5.49. The molecule has 1 aliphatic heterocycles. The highest BCUT2D eigenvalue weighted by Gasteiger charge is 2.28. The molecule has 0 saturated carbocycles. The number of carbonyl (C=O) groups is 2. The SMILES string of the molecule is C=CC(=O)NCC(=O)NCC1CCN(S(C)(=O)=O)C1. The first kappa shape index (κ1) is 15.6. The van der Waals surface area contributed by atoms with E-state index in [1.165, 1.54) is 10.6 Å². The molecule has 0 aromatic heterocycles. The fourth-order valence-corrected chi connectivity index (χ4v) is 2.74. The minimum Gasteiger partial charge on any atom is -0.354 e. The fraction of sp³-hybridized carbons (Fsp3) is 0.636.